The van der Waals surface area contributed by atoms with E-state index < -0.39 is 0 Å². The van der Waals surface area contributed by atoms with E-state index in [0.717, 1.165) is 40.7 Å². The van der Waals surface area contributed by atoms with E-state index in [1.807, 2.05) is 23.6 Å². The van der Waals surface area contributed by atoms with Gasteiger partial charge in [0.25, 0.3) is 0 Å². The van der Waals surface area contributed by atoms with Crippen LogP contribution in [0.2, 0.25) is 0 Å². The third kappa shape index (κ3) is 4.55. The molecule has 0 aliphatic carbocycles. The van der Waals surface area contributed by atoms with Gasteiger partial charge in [-0.05, 0) is 71.6 Å². The van der Waals surface area contributed by atoms with Crippen LogP contribution in [0.25, 0.3) is 47.8 Å². The average molecular weight is 631 g/mol. The highest BCUT2D eigenvalue weighted by Gasteiger charge is 2.26. The first kappa shape index (κ1) is 27.9. The minimum Gasteiger partial charge on any atom is -0.457 e. The number of nitrogens with zero attached hydrogens (tertiary/aromatic N) is 4. The molecule has 5 nitrogen and oxygen atoms in total. The van der Waals surface area contributed by atoms with Gasteiger partial charge in [-0.1, -0.05) is 63.2 Å². The van der Waals surface area contributed by atoms with Crippen LogP contribution in [0.5, 0.6) is 11.5 Å². The predicted molar refractivity (Wildman–Crippen MR) is 199 cm³/mol. The summed E-state index contributed by atoms with van der Waals surface area (Å²) < 4.78 is 11.5. The number of hydrogen-bond acceptors (Lipinski definition) is 5. The molecule has 0 atom stereocenters. The largest absolute Gasteiger partial charge is 0.457 e. The molecule has 5 aromatic carbocycles. The molecule has 0 N–H and O–H groups in total. The van der Waals surface area contributed by atoms with Crippen LogP contribution in [0.15, 0.2) is 121 Å². The highest BCUT2D eigenvalue weighted by atomic mass is 32.1. The molecule has 0 saturated carbocycles. The Balaban J connectivity index is 1.10. The first-order valence-electron chi connectivity index (χ1n) is 16.0. The third-order valence-corrected chi connectivity index (χ3v) is 10.5. The summed E-state index contributed by atoms with van der Waals surface area (Å²) in [5, 5.41) is 5.02. The standard InChI is InChI=1S/C41H34N4OS/c1-41(2,3)26-18-19-42-40(20-26)45-34-14-7-5-12-30(34)31-17-16-29(22-35(31)45)46-28-11-9-10-27(21-28)44-25-43(4)36-23-33-32-13-6-8-15-38(32)47-39(33)24-37(36)44/h5-24H,25H2,1-4H3. The van der Waals surface area contributed by atoms with Crippen molar-refractivity contribution in [1.29, 1.82) is 0 Å². The Bertz CT molecular complexity index is 2500. The number of hydrogen-bond donors (Lipinski definition) is 0. The highest BCUT2D eigenvalue weighted by Crippen LogP contribution is 2.46. The van der Waals surface area contributed by atoms with Crippen LogP contribution in [0.4, 0.5) is 17.1 Å². The average Bonchev–Trinajstić information content (AvgIpc) is 3.72. The van der Waals surface area contributed by atoms with Gasteiger partial charge in [0.2, 0.25) is 0 Å². The van der Waals surface area contributed by atoms with Gasteiger partial charge in [-0.25, -0.2) is 4.98 Å². The first-order chi connectivity index (χ1) is 22.8. The smallest absolute Gasteiger partial charge is 0.137 e. The molecule has 1 aliphatic heterocycles. The topological polar surface area (TPSA) is 33.5 Å². The van der Waals surface area contributed by atoms with E-state index in [2.05, 4.69) is 151 Å². The van der Waals surface area contributed by atoms with Crippen molar-refractivity contribution in [2.24, 2.45) is 0 Å². The number of fused-ring (bicyclic) bond motifs is 7. The van der Waals surface area contributed by atoms with Gasteiger partial charge in [0, 0.05) is 62.0 Å². The van der Waals surface area contributed by atoms with Gasteiger partial charge in [0.05, 0.1) is 29.1 Å². The lowest BCUT2D eigenvalue weighted by Gasteiger charge is -2.20. The molecule has 230 valence electrons. The quantitative estimate of drug-likeness (QED) is 0.194. The van der Waals surface area contributed by atoms with E-state index >= 15 is 0 Å². The summed E-state index contributed by atoms with van der Waals surface area (Å²) in [6.07, 6.45) is 1.92. The van der Waals surface area contributed by atoms with E-state index in [0.29, 0.717) is 0 Å². The summed E-state index contributed by atoms with van der Waals surface area (Å²) in [6.45, 7) is 7.49. The maximum atomic E-state index is 6.60. The third-order valence-electron chi connectivity index (χ3n) is 9.38. The summed E-state index contributed by atoms with van der Waals surface area (Å²) >= 11 is 1.86. The Kier molecular flexibility index (Phi) is 6.15. The van der Waals surface area contributed by atoms with Crippen molar-refractivity contribution in [3.05, 3.63) is 127 Å². The lowest BCUT2D eigenvalue weighted by Crippen LogP contribution is -2.23. The minimum atomic E-state index is 0.0181. The number of pyridine rings is 1. The van der Waals surface area contributed by atoms with Crippen LogP contribution in [0, 0.1) is 0 Å². The molecule has 0 amide bonds. The monoisotopic (exact) mass is 630 g/mol. The molecule has 0 radical (unpaired) electrons. The number of ether oxygens (including phenoxy) is 1. The van der Waals surface area contributed by atoms with Crippen molar-refractivity contribution in [2.45, 2.75) is 26.2 Å². The number of aromatic nitrogens is 2. The van der Waals surface area contributed by atoms with Crippen LogP contribution in [-0.4, -0.2) is 23.3 Å². The fourth-order valence-corrected chi connectivity index (χ4v) is 8.10. The van der Waals surface area contributed by atoms with E-state index in [9.17, 15) is 0 Å². The molecule has 4 heterocycles. The molecule has 8 aromatic rings. The molecular weight excluding hydrogens is 597 g/mol. The fraction of sp³-hybridized carbons (Fsp3) is 0.146. The molecular formula is C41H34N4OS. The molecule has 0 spiro atoms. The summed E-state index contributed by atoms with van der Waals surface area (Å²) in [7, 11) is 2.17. The lowest BCUT2D eigenvalue weighted by atomic mass is 9.88. The second-order valence-corrected chi connectivity index (χ2v) is 14.6. The van der Waals surface area contributed by atoms with Crippen molar-refractivity contribution < 1.29 is 4.74 Å². The molecule has 0 saturated heterocycles. The van der Waals surface area contributed by atoms with Crippen LogP contribution >= 0.6 is 11.3 Å². The van der Waals surface area contributed by atoms with Crippen molar-refractivity contribution in [1.82, 2.24) is 9.55 Å². The SMILES string of the molecule is CN1CN(c2cccc(Oc3ccc4c5ccccc5n(-c5cc(C(C)(C)C)ccn5)c4c3)c2)c2cc3sc4ccccc4c3cc21. The van der Waals surface area contributed by atoms with Gasteiger partial charge in [0.15, 0.2) is 0 Å². The van der Waals surface area contributed by atoms with Gasteiger partial charge in [0.1, 0.15) is 17.3 Å². The molecule has 47 heavy (non-hydrogen) atoms. The Morgan fingerprint density at radius 2 is 1.45 bits per heavy atom. The number of benzene rings is 5. The first-order valence-corrected chi connectivity index (χ1v) is 16.9. The molecule has 0 bridgehead atoms. The Morgan fingerprint density at radius 3 is 2.32 bits per heavy atom. The second-order valence-electron chi connectivity index (χ2n) is 13.5. The number of rotatable bonds is 4. The van der Waals surface area contributed by atoms with Crippen molar-refractivity contribution >= 4 is 70.4 Å². The van der Waals surface area contributed by atoms with Gasteiger partial charge in [-0.3, -0.25) is 4.57 Å². The zero-order valence-electron chi connectivity index (χ0n) is 26.9. The van der Waals surface area contributed by atoms with Gasteiger partial charge >= 0.3 is 0 Å². The summed E-state index contributed by atoms with van der Waals surface area (Å²) in [5.41, 5.74) is 7.04. The van der Waals surface area contributed by atoms with E-state index in [-0.39, 0.29) is 5.41 Å². The maximum absolute atomic E-state index is 6.60. The van der Waals surface area contributed by atoms with E-state index in [1.54, 1.807) is 0 Å². The van der Waals surface area contributed by atoms with Gasteiger partial charge < -0.3 is 14.5 Å². The minimum absolute atomic E-state index is 0.0181. The van der Waals surface area contributed by atoms with E-state index in [1.165, 1.54) is 47.9 Å². The molecule has 0 fully saturated rings. The zero-order chi connectivity index (χ0) is 31.9. The molecule has 3 aromatic heterocycles. The molecule has 9 rings (SSSR count). The van der Waals surface area contributed by atoms with Crippen LogP contribution in [0.1, 0.15) is 26.3 Å². The fourth-order valence-electron chi connectivity index (χ4n) is 6.98. The van der Waals surface area contributed by atoms with Gasteiger partial charge in [-0.15, -0.1) is 11.3 Å². The summed E-state index contributed by atoms with van der Waals surface area (Å²) in [5.74, 6) is 2.50. The van der Waals surface area contributed by atoms with Gasteiger partial charge in [-0.2, -0.15) is 0 Å². The summed E-state index contributed by atoms with van der Waals surface area (Å²) in [4.78, 5) is 9.53. The Labute approximate surface area is 277 Å². The second kappa shape index (κ2) is 10.3. The maximum Gasteiger partial charge on any atom is 0.137 e. The molecule has 6 heteroatoms. The number of thiophene rings is 1. The van der Waals surface area contributed by atoms with E-state index in [4.69, 9.17) is 9.72 Å². The Hall–Kier alpha value is -5.33. The Morgan fingerprint density at radius 1 is 0.660 bits per heavy atom. The summed E-state index contributed by atoms with van der Waals surface area (Å²) in [6, 6.07) is 41.1. The molecule has 0 unspecified atom stereocenters. The van der Waals surface area contributed by atoms with Crippen LogP contribution < -0.4 is 14.5 Å². The van der Waals surface area contributed by atoms with Crippen molar-refractivity contribution in [3.8, 4) is 17.3 Å². The van der Waals surface area contributed by atoms with Crippen LogP contribution in [-0.2, 0) is 5.41 Å². The zero-order valence-corrected chi connectivity index (χ0v) is 27.7. The highest BCUT2D eigenvalue weighted by molar-refractivity contribution is 7.25. The number of para-hydroxylation sites is 1. The van der Waals surface area contributed by atoms with Crippen LogP contribution in [0.3, 0.4) is 0 Å². The van der Waals surface area contributed by atoms with Crippen molar-refractivity contribution in [3.63, 3.8) is 0 Å². The lowest BCUT2D eigenvalue weighted by molar-refractivity contribution is 0.483. The molecule has 1 aliphatic rings. The predicted octanol–water partition coefficient (Wildman–Crippen LogP) is 11.2. The normalized spacial score (nSPS) is 13.4. The van der Waals surface area contributed by atoms with Crippen molar-refractivity contribution in [2.75, 3.05) is 23.5 Å². The number of anilines is 3.